The molecule has 1 aliphatic rings. The van der Waals surface area contributed by atoms with Gasteiger partial charge in [0.1, 0.15) is 0 Å². The SMILES string of the molecule is CC(OC(=O)C1CCN(S(=O)(=O)c2ccccc2)CC1)C(=O)Nc1cc(Cl)ccc1Cl. The molecule has 0 spiro atoms. The lowest BCUT2D eigenvalue weighted by atomic mass is 9.98. The van der Waals surface area contributed by atoms with Gasteiger partial charge in [-0.2, -0.15) is 4.31 Å². The van der Waals surface area contributed by atoms with E-state index in [1.165, 1.54) is 17.3 Å². The molecule has 2 aromatic carbocycles. The third-order valence-corrected chi connectivity index (χ3v) is 7.49. The van der Waals surface area contributed by atoms with Crippen molar-refractivity contribution in [1.29, 1.82) is 0 Å². The highest BCUT2D eigenvalue weighted by atomic mass is 35.5. The van der Waals surface area contributed by atoms with Crippen molar-refractivity contribution >= 4 is 50.8 Å². The Morgan fingerprint density at radius 2 is 1.74 bits per heavy atom. The van der Waals surface area contributed by atoms with Gasteiger partial charge in [0.15, 0.2) is 6.10 Å². The first-order chi connectivity index (χ1) is 14.7. The van der Waals surface area contributed by atoms with Crippen LogP contribution in [0.25, 0.3) is 0 Å². The van der Waals surface area contributed by atoms with Crippen molar-refractivity contribution in [3.05, 3.63) is 58.6 Å². The summed E-state index contributed by atoms with van der Waals surface area (Å²) in [6, 6.07) is 12.8. The predicted octanol–water partition coefficient (Wildman–Crippen LogP) is 3.96. The van der Waals surface area contributed by atoms with Gasteiger partial charge in [-0.15, -0.1) is 0 Å². The van der Waals surface area contributed by atoms with Gasteiger partial charge in [0.25, 0.3) is 5.91 Å². The maximum atomic E-state index is 12.7. The Kier molecular flexibility index (Phi) is 7.59. The minimum absolute atomic E-state index is 0.204. The Balaban J connectivity index is 1.53. The molecule has 166 valence electrons. The monoisotopic (exact) mass is 484 g/mol. The number of rotatable bonds is 6. The minimum atomic E-state index is -3.60. The number of ether oxygens (including phenoxy) is 1. The van der Waals surface area contributed by atoms with Crippen molar-refractivity contribution in [3.63, 3.8) is 0 Å². The molecule has 1 amide bonds. The summed E-state index contributed by atoms with van der Waals surface area (Å²) in [5.74, 6) is -1.55. The van der Waals surface area contributed by atoms with Gasteiger partial charge in [-0.05, 0) is 50.1 Å². The molecule has 0 saturated carbocycles. The zero-order valence-corrected chi connectivity index (χ0v) is 19.1. The van der Waals surface area contributed by atoms with Crippen LogP contribution in [0.15, 0.2) is 53.4 Å². The van der Waals surface area contributed by atoms with E-state index in [0.717, 1.165) is 0 Å². The maximum Gasteiger partial charge on any atom is 0.309 e. The molecule has 1 heterocycles. The highest BCUT2D eigenvalue weighted by Gasteiger charge is 2.33. The second-order valence-electron chi connectivity index (χ2n) is 7.18. The molecule has 3 rings (SSSR count). The molecule has 0 radical (unpaired) electrons. The summed E-state index contributed by atoms with van der Waals surface area (Å²) in [4.78, 5) is 25.1. The van der Waals surface area contributed by atoms with Crippen LogP contribution >= 0.6 is 23.2 Å². The van der Waals surface area contributed by atoms with Crippen LogP contribution < -0.4 is 5.32 Å². The molecule has 0 aliphatic carbocycles. The normalized spacial score (nSPS) is 16.5. The van der Waals surface area contributed by atoms with E-state index in [1.807, 2.05) is 0 Å². The van der Waals surface area contributed by atoms with E-state index in [-0.39, 0.29) is 18.0 Å². The van der Waals surface area contributed by atoms with Crippen molar-refractivity contribution in [2.45, 2.75) is 30.8 Å². The summed E-state index contributed by atoms with van der Waals surface area (Å²) in [6.07, 6.45) is -0.410. The van der Waals surface area contributed by atoms with Crippen molar-refractivity contribution in [2.24, 2.45) is 5.92 Å². The first kappa shape index (κ1) is 23.5. The fourth-order valence-electron chi connectivity index (χ4n) is 3.23. The summed E-state index contributed by atoms with van der Waals surface area (Å²) in [7, 11) is -3.60. The number of sulfonamides is 1. The Labute approximate surface area is 191 Å². The lowest BCUT2D eigenvalue weighted by Crippen LogP contribution is -2.41. The summed E-state index contributed by atoms with van der Waals surface area (Å²) in [5, 5.41) is 3.30. The number of nitrogens with one attached hydrogen (secondary N) is 1. The third kappa shape index (κ3) is 5.77. The van der Waals surface area contributed by atoms with Crippen LogP contribution in [-0.4, -0.2) is 43.8 Å². The van der Waals surface area contributed by atoms with Crippen molar-refractivity contribution < 1.29 is 22.7 Å². The second-order valence-corrected chi connectivity index (χ2v) is 9.97. The number of hydrogen-bond acceptors (Lipinski definition) is 5. The maximum absolute atomic E-state index is 12.7. The molecule has 1 N–H and O–H groups in total. The topological polar surface area (TPSA) is 92.8 Å². The number of carbonyl (C=O) groups is 2. The first-order valence-electron chi connectivity index (χ1n) is 9.70. The molecule has 2 aromatic rings. The smallest absolute Gasteiger partial charge is 0.309 e. The van der Waals surface area contributed by atoms with E-state index >= 15 is 0 Å². The number of halogens is 2. The molecule has 1 atom stereocenters. The molecule has 1 fully saturated rings. The van der Waals surface area contributed by atoms with E-state index in [2.05, 4.69) is 5.32 Å². The molecule has 1 unspecified atom stereocenters. The lowest BCUT2D eigenvalue weighted by molar-refractivity contribution is -0.158. The van der Waals surface area contributed by atoms with Gasteiger partial charge in [-0.25, -0.2) is 8.42 Å². The number of carbonyl (C=O) groups excluding carboxylic acids is 2. The summed E-state index contributed by atoms with van der Waals surface area (Å²) < 4.78 is 32.1. The number of amides is 1. The quantitative estimate of drug-likeness (QED) is 0.626. The highest BCUT2D eigenvalue weighted by molar-refractivity contribution is 7.89. The highest BCUT2D eigenvalue weighted by Crippen LogP contribution is 2.27. The molecule has 10 heteroatoms. The Bertz CT molecular complexity index is 1050. The first-order valence-corrected chi connectivity index (χ1v) is 11.9. The predicted molar refractivity (Wildman–Crippen MR) is 119 cm³/mol. The van der Waals surface area contributed by atoms with Crippen LogP contribution in [0.1, 0.15) is 19.8 Å². The fourth-order valence-corrected chi connectivity index (χ4v) is 5.05. The number of hydrogen-bond donors (Lipinski definition) is 1. The standard InChI is InChI=1S/C21H22Cl2N2O5S/c1-14(20(26)24-19-13-16(22)7-8-18(19)23)30-21(27)15-9-11-25(12-10-15)31(28,29)17-5-3-2-4-6-17/h2-8,13-15H,9-12H2,1H3,(H,24,26). The van der Waals surface area contributed by atoms with Gasteiger partial charge in [0.05, 0.1) is 21.5 Å². The zero-order chi connectivity index (χ0) is 22.6. The largest absolute Gasteiger partial charge is 0.452 e. The van der Waals surface area contributed by atoms with E-state index < -0.39 is 33.9 Å². The lowest BCUT2D eigenvalue weighted by Gasteiger charge is -2.30. The Morgan fingerprint density at radius 3 is 2.39 bits per heavy atom. The van der Waals surface area contributed by atoms with Gasteiger partial charge in [-0.1, -0.05) is 41.4 Å². The Hall–Kier alpha value is -2.13. The average Bonchev–Trinajstić information content (AvgIpc) is 2.76. The van der Waals surface area contributed by atoms with Gasteiger partial charge in [0.2, 0.25) is 10.0 Å². The Morgan fingerprint density at radius 1 is 1.10 bits per heavy atom. The van der Waals surface area contributed by atoms with Crippen molar-refractivity contribution in [3.8, 4) is 0 Å². The van der Waals surface area contributed by atoms with Crippen LogP contribution in [0, 0.1) is 5.92 Å². The number of esters is 1. The van der Waals surface area contributed by atoms with Gasteiger partial charge < -0.3 is 10.1 Å². The van der Waals surface area contributed by atoms with Crippen LogP contribution in [0.3, 0.4) is 0 Å². The van der Waals surface area contributed by atoms with E-state index in [9.17, 15) is 18.0 Å². The minimum Gasteiger partial charge on any atom is -0.452 e. The van der Waals surface area contributed by atoms with Gasteiger partial charge in [0, 0.05) is 18.1 Å². The number of benzene rings is 2. The molecular weight excluding hydrogens is 463 g/mol. The van der Waals surface area contributed by atoms with Crippen molar-refractivity contribution in [1.82, 2.24) is 4.31 Å². The van der Waals surface area contributed by atoms with E-state index in [0.29, 0.717) is 28.6 Å². The average molecular weight is 485 g/mol. The summed E-state index contributed by atoms with van der Waals surface area (Å²) in [6.45, 7) is 1.87. The van der Waals surface area contributed by atoms with Gasteiger partial charge >= 0.3 is 5.97 Å². The number of nitrogens with zero attached hydrogens (tertiary/aromatic N) is 1. The number of piperidine rings is 1. The third-order valence-electron chi connectivity index (χ3n) is 5.02. The summed E-state index contributed by atoms with van der Waals surface area (Å²) >= 11 is 11.9. The molecule has 0 bridgehead atoms. The van der Waals surface area contributed by atoms with Crippen LogP contribution in [0.5, 0.6) is 0 Å². The van der Waals surface area contributed by atoms with E-state index in [4.69, 9.17) is 27.9 Å². The van der Waals surface area contributed by atoms with Gasteiger partial charge in [-0.3, -0.25) is 9.59 Å². The van der Waals surface area contributed by atoms with Crippen LogP contribution in [0.2, 0.25) is 10.0 Å². The molecule has 1 aliphatic heterocycles. The molecule has 31 heavy (non-hydrogen) atoms. The van der Waals surface area contributed by atoms with Crippen LogP contribution in [0.4, 0.5) is 5.69 Å². The molecular formula is C21H22Cl2N2O5S. The van der Waals surface area contributed by atoms with Crippen LogP contribution in [-0.2, 0) is 24.3 Å². The molecule has 7 nitrogen and oxygen atoms in total. The summed E-state index contributed by atoms with van der Waals surface area (Å²) in [5.41, 5.74) is 0.321. The second kappa shape index (κ2) is 9.99. The van der Waals surface area contributed by atoms with E-state index in [1.54, 1.807) is 42.5 Å². The number of anilines is 1. The fraction of sp³-hybridized carbons (Fsp3) is 0.333. The zero-order valence-electron chi connectivity index (χ0n) is 16.8. The molecule has 0 aromatic heterocycles. The molecule has 1 saturated heterocycles. The van der Waals surface area contributed by atoms with Crippen molar-refractivity contribution in [2.75, 3.05) is 18.4 Å².